The van der Waals surface area contributed by atoms with E-state index in [1.165, 1.54) is 16.1 Å². The normalized spacial score (nSPS) is 15.7. The lowest BCUT2D eigenvalue weighted by Crippen LogP contribution is -2.40. The lowest BCUT2D eigenvalue weighted by Gasteiger charge is -2.26. The van der Waals surface area contributed by atoms with Gasteiger partial charge >= 0.3 is 0 Å². The fraction of sp³-hybridized carbons (Fsp3) is 0.269. The molecule has 8 nitrogen and oxygen atoms in total. The average Bonchev–Trinajstić information content (AvgIpc) is 3.34. The Bertz CT molecular complexity index is 1380. The topological polar surface area (TPSA) is 96.6 Å². The molecule has 1 atom stereocenters. The quantitative estimate of drug-likeness (QED) is 0.388. The smallest absolute Gasteiger partial charge is 0.244 e. The Hall–Kier alpha value is -3.40. The molecule has 1 fully saturated rings. The molecule has 0 bridgehead atoms. The minimum Gasteiger partial charge on any atom is -0.497 e. The van der Waals surface area contributed by atoms with Crippen molar-refractivity contribution in [3.63, 3.8) is 0 Å². The highest BCUT2D eigenvalue weighted by Gasteiger charge is 2.26. The van der Waals surface area contributed by atoms with Crippen LogP contribution in [-0.4, -0.2) is 62.6 Å². The summed E-state index contributed by atoms with van der Waals surface area (Å²) in [5, 5.41) is 4.56. The van der Waals surface area contributed by atoms with Crippen molar-refractivity contribution in [1.29, 1.82) is 0 Å². The number of rotatable bonds is 8. The van der Waals surface area contributed by atoms with E-state index < -0.39 is 10.0 Å². The van der Waals surface area contributed by atoms with Gasteiger partial charge in [-0.3, -0.25) is 0 Å². The van der Waals surface area contributed by atoms with Crippen LogP contribution in [0.2, 0.25) is 0 Å². The maximum atomic E-state index is 12.9. The van der Waals surface area contributed by atoms with Crippen molar-refractivity contribution in [1.82, 2.24) is 14.3 Å². The summed E-state index contributed by atoms with van der Waals surface area (Å²) in [6.45, 7) is 2.11. The molecule has 0 saturated carbocycles. The minimum absolute atomic E-state index is 0.0376. The van der Waals surface area contributed by atoms with Crippen LogP contribution in [0.5, 0.6) is 5.75 Å². The van der Waals surface area contributed by atoms with Gasteiger partial charge in [0, 0.05) is 48.8 Å². The molecule has 2 aromatic heterocycles. The Morgan fingerprint density at radius 3 is 2.57 bits per heavy atom. The average molecular weight is 493 g/mol. The SMILES string of the molecule is COc1ccc(C(CNc2ccc(S(=O)(=O)N3CCOCC3)cn2)c2c[nH]c3ccccc23)cc1. The van der Waals surface area contributed by atoms with Crippen LogP contribution in [-0.2, 0) is 14.8 Å². The van der Waals surface area contributed by atoms with Gasteiger partial charge in [-0.1, -0.05) is 30.3 Å². The molecule has 1 aliphatic heterocycles. The Labute approximate surface area is 205 Å². The lowest BCUT2D eigenvalue weighted by atomic mass is 9.91. The molecule has 2 N–H and O–H groups in total. The van der Waals surface area contributed by atoms with Gasteiger partial charge in [-0.15, -0.1) is 0 Å². The molecular weight excluding hydrogens is 464 g/mol. The summed E-state index contributed by atoms with van der Waals surface area (Å²) in [6.07, 6.45) is 3.47. The number of benzene rings is 2. The molecule has 0 radical (unpaired) electrons. The second-order valence-corrected chi connectivity index (χ2v) is 10.3. The van der Waals surface area contributed by atoms with Gasteiger partial charge in [0.1, 0.15) is 16.5 Å². The molecule has 4 aromatic rings. The van der Waals surface area contributed by atoms with Crippen molar-refractivity contribution in [2.24, 2.45) is 0 Å². The molecule has 2 aromatic carbocycles. The summed E-state index contributed by atoms with van der Waals surface area (Å²) in [7, 11) is -1.92. The zero-order valence-corrected chi connectivity index (χ0v) is 20.3. The van der Waals surface area contributed by atoms with Crippen molar-refractivity contribution in [2.75, 3.05) is 45.3 Å². The number of aromatic nitrogens is 2. The first-order valence-corrected chi connectivity index (χ1v) is 13.0. The fourth-order valence-corrected chi connectivity index (χ4v) is 5.76. The molecule has 0 spiro atoms. The van der Waals surface area contributed by atoms with Crippen molar-refractivity contribution in [2.45, 2.75) is 10.8 Å². The van der Waals surface area contributed by atoms with Gasteiger partial charge < -0.3 is 19.8 Å². The van der Waals surface area contributed by atoms with Crippen LogP contribution in [0.1, 0.15) is 17.0 Å². The summed E-state index contributed by atoms with van der Waals surface area (Å²) in [6, 6.07) is 19.6. The first kappa shape index (κ1) is 23.3. The Morgan fingerprint density at radius 1 is 1.09 bits per heavy atom. The van der Waals surface area contributed by atoms with E-state index >= 15 is 0 Å². The number of morpholine rings is 1. The summed E-state index contributed by atoms with van der Waals surface area (Å²) < 4.78 is 37.8. The Kier molecular flexibility index (Phi) is 6.72. The molecule has 9 heteroatoms. The van der Waals surface area contributed by atoms with E-state index in [9.17, 15) is 8.42 Å². The molecule has 1 aliphatic rings. The number of nitrogens with zero attached hydrogens (tertiary/aromatic N) is 2. The van der Waals surface area contributed by atoms with Crippen LogP contribution in [0.15, 0.2) is 78.0 Å². The van der Waals surface area contributed by atoms with Crippen LogP contribution in [0, 0.1) is 0 Å². The second-order valence-electron chi connectivity index (χ2n) is 8.39. The molecule has 182 valence electrons. The van der Waals surface area contributed by atoms with E-state index in [4.69, 9.17) is 9.47 Å². The van der Waals surface area contributed by atoms with E-state index in [-0.39, 0.29) is 10.8 Å². The highest BCUT2D eigenvalue weighted by Crippen LogP contribution is 2.32. The third-order valence-electron chi connectivity index (χ3n) is 6.35. The highest BCUT2D eigenvalue weighted by molar-refractivity contribution is 7.89. The Balaban J connectivity index is 1.38. The number of aromatic amines is 1. The van der Waals surface area contributed by atoms with Crippen LogP contribution < -0.4 is 10.1 Å². The van der Waals surface area contributed by atoms with E-state index in [1.54, 1.807) is 19.2 Å². The maximum absolute atomic E-state index is 12.9. The van der Waals surface area contributed by atoms with E-state index in [0.717, 1.165) is 22.2 Å². The van der Waals surface area contributed by atoms with Crippen molar-refractivity contribution < 1.29 is 17.9 Å². The summed E-state index contributed by atoms with van der Waals surface area (Å²) in [5.41, 5.74) is 3.39. The number of fused-ring (bicyclic) bond motifs is 1. The minimum atomic E-state index is -3.57. The van der Waals surface area contributed by atoms with Crippen LogP contribution >= 0.6 is 0 Å². The number of hydrogen-bond acceptors (Lipinski definition) is 6. The van der Waals surface area contributed by atoms with Gasteiger partial charge in [-0.25, -0.2) is 13.4 Å². The number of hydrogen-bond donors (Lipinski definition) is 2. The summed E-state index contributed by atoms with van der Waals surface area (Å²) in [5.74, 6) is 1.46. The van der Waals surface area contributed by atoms with Crippen LogP contribution in [0.25, 0.3) is 10.9 Å². The van der Waals surface area contributed by atoms with Gasteiger partial charge in [0.25, 0.3) is 0 Å². The Morgan fingerprint density at radius 2 is 1.86 bits per heavy atom. The zero-order valence-electron chi connectivity index (χ0n) is 19.5. The largest absolute Gasteiger partial charge is 0.497 e. The van der Waals surface area contributed by atoms with E-state index in [0.29, 0.717) is 38.7 Å². The van der Waals surface area contributed by atoms with E-state index in [1.807, 2.05) is 30.5 Å². The van der Waals surface area contributed by atoms with Gasteiger partial charge in [-0.2, -0.15) is 4.31 Å². The number of nitrogens with one attached hydrogen (secondary N) is 2. The predicted molar refractivity (Wildman–Crippen MR) is 135 cm³/mol. The first-order valence-electron chi connectivity index (χ1n) is 11.5. The first-order chi connectivity index (χ1) is 17.1. The second kappa shape index (κ2) is 10.1. The van der Waals surface area contributed by atoms with Gasteiger partial charge in [0.05, 0.1) is 20.3 Å². The summed E-state index contributed by atoms with van der Waals surface area (Å²) in [4.78, 5) is 7.95. The maximum Gasteiger partial charge on any atom is 0.244 e. The van der Waals surface area contributed by atoms with Crippen molar-refractivity contribution in [3.05, 3.63) is 84.2 Å². The van der Waals surface area contributed by atoms with Gasteiger partial charge in [-0.05, 0) is 41.5 Å². The number of methoxy groups -OCH3 is 1. The standard InChI is InChI=1S/C26H28N4O4S/c1-33-20-8-6-19(7-9-20)23(24-18-27-25-5-3-2-4-22(24)25)17-29-26-11-10-21(16-28-26)35(31,32)30-12-14-34-15-13-30/h2-11,16,18,23,27H,12-15,17H2,1H3,(H,28,29). The molecule has 0 amide bonds. The molecule has 35 heavy (non-hydrogen) atoms. The number of pyridine rings is 1. The molecule has 3 heterocycles. The van der Waals surface area contributed by atoms with Crippen LogP contribution in [0.4, 0.5) is 5.82 Å². The number of sulfonamides is 1. The molecule has 1 unspecified atom stereocenters. The fourth-order valence-electron chi connectivity index (χ4n) is 4.41. The molecule has 5 rings (SSSR count). The third-order valence-corrected chi connectivity index (χ3v) is 8.23. The van der Waals surface area contributed by atoms with Crippen molar-refractivity contribution >= 4 is 26.7 Å². The highest BCUT2D eigenvalue weighted by atomic mass is 32.2. The van der Waals surface area contributed by atoms with Gasteiger partial charge in [0.15, 0.2) is 0 Å². The third kappa shape index (κ3) is 4.88. The number of para-hydroxylation sites is 1. The lowest BCUT2D eigenvalue weighted by molar-refractivity contribution is 0.0730. The molecule has 1 saturated heterocycles. The number of ether oxygens (including phenoxy) is 2. The molecular formula is C26H28N4O4S. The number of anilines is 1. The predicted octanol–water partition coefficient (Wildman–Crippen LogP) is 3.84. The summed E-state index contributed by atoms with van der Waals surface area (Å²) >= 11 is 0. The number of H-pyrrole nitrogens is 1. The van der Waals surface area contributed by atoms with Crippen LogP contribution in [0.3, 0.4) is 0 Å². The van der Waals surface area contributed by atoms with E-state index in [2.05, 4.69) is 39.6 Å². The zero-order chi connectivity index (χ0) is 24.3. The van der Waals surface area contributed by atoms with Crippen molar-refractivity contribution in [3.8, 4) is 5.75 Å². The monoisotopic (exact) mass is 492 g/mol. The molecule has 0 aliphatic carbocycles. The van der Waals surface area contributed by atoms with Gasteiger partial charge in [0.2, 0.25) is 10.0 Å².